The molecule has 0 radical (unpaired) electrons. The number of carbonyl (C=O) groups excluding carboxylic acids is 1. The smallest absolute Gasteiger partial charge is 0.325 e. The normalized spacial score (nSPS) is 21.2. The Kier molecular flexibility index (Phi) is 6.45. The van der Waals surface area contributed by atoms with Gasteiger partial charge in [-0.2, -0.15) is 4.98 Å². The maximum absolute atomic E-state index is 12.7. The van der Waals surface area contributed by atoms with E-state index in [1.165, 1.54) is 0 Å². The first kappa shape index (κ1) is 21.7. The van der Waals surface area contributed by atoms with Crippen LogP contribution in [-0.2, 0) is 20.8 Å². The number of aromatic nitrogens is 2. The quantitative estimate of drug-likeness (QED) is 0.558. The van der Waals surface area contributed by atoms with E-state index < -0.39 is 5.60 Å². The number of hydrogen-bond acceptors (Lipinski definition) is 9. The van der Waals surface area contributed by atoms with Gasteiger partial charge in [-0.25, -0.2) is 4.98 Å². The van der Waals surface area contributed by atoms with Crippen LogP contribution in [0.4, 0.5) is 5.82 Å². The first-order chi connectivity index (χ1) is 14.3. The molecule has 0 saturated carbocycles. The Morgan fingerprint density at radius 2 is 2.10 bits per heavy atom. The number of hydrogen-bond donors (Lipinski definition) is 1. The van der Waals surface area contributed by atoms with Crippen molar-refractivity contribution in [3.8, 4) is 0 Å². The highest BCUT2D eigenvalue weighted by molar-refractivity contribution is 7.18. The van der Waals surface area contributed by atoms with Gasteiger partial charge in [0.15, 0.2) is 0 Å². The summed E-state index contributed by atoms with van der Waals surface area (Å²) in [5.74, 6) is 0.674. The maximum Gasteiger partial charge on any atom is 0.325 e. The summed E-state index contributed by atoms with van der Waals surface area (Å²) in [5, 5.41) is 4.57. The van der Waals surface area contributed by atoms with Crippen molar-refractivity contribution >= 4 is 44.9 Å². The van der Waals surface area contributed by atoms with Crippen LogP contribution < -0.4 is 10.2 Å². The molecule has 2 aromatic rings. The van der Waals surface area contributed by atoms with Crippen molar-refractivity contribution in [3.05, 3.63) is 16.2 Å². The molecule has 1 atom stereocenters. The van der Waals surface area contributed by atoms with Gasteiger partial charge in [0.1, 0.15) is 22.3 Å². The Hall–Kier alpha value is -1.52. The molecule has 2 aliphatic heterocycles. The predicted molar refractivity (Wildman–Crippen MR) is 118 cm³/mol. The minimum absolute atomic E-state index is 0.187. The molecule has 30 heavy (non-hydrogen) atoms. The first-order valence-electron chi connectivity index (χ1n) is 10.3. The molecule has 2 aromatic heterocycles. The zero-order valence-electron chi connectivity index (χ0n) is 17.6. The van der Waals surface area contributed by atoms with E-state index >= 15 is 0 Å². The highest BCUT2D eigenvalue weighted by atomic mass is 35.5. The number of rotatable bonds is 4. The second-order valence-corrected chi connectivity index (χ2v) is 10.0. The fraction of sp³-hybridized carbons (Fsp3) is 0.650. The van der Waals surface area contributed by atoms with Crippen molar-refractivity contribution in [1.82, 2.24) is 20.2 Å². The van der Waals surface area contributed by atoms with E-state index in [0.29, 0.717) is 26.3 Å². The molecule has 2 aliphatic rings. The lowest BCUT2D eigenvalue weighted by molar-refractivity contribution is -0.162. The summed E-state index contributed by atoms with van der Waals surface area (Å²) in [5.41, 5.74) is -0.503. The summed E-state index contributed by atoms with van der Waals surface area (Å²) >= 11 is 7.82. The third kappa shape index (κ3) is 5.03. The van der Waals surface area contributed by atoms with E-state index in [1.54, 1.807) is 11.3 Å². The number of anilines is 1. The highest BCUT2D eigenvalue weighted by Crippen LogP contribution is 2.33. The first-order valence-corrected chi connectivity index (χ1v) is 11.5. The molecule has 2 fully saturated rings. The van der Waals surface area contributed by atoms with E-state index in [0.717, 1.165) is 47.1 Å². The Morgan fingerprint density at radius 1 is 1.33 bits per heavy atom. The molecule has 0 amide bonds. The van der Waals surface area contributed by atoms with Crippen molar-refractivity contribution < 1.29 is 14.3 Å². The van der Waals surface area contributed by atoms with E-state index in [4.69, 9.17) is 21.1 Å². The summed E-state index contributed by atoms with van der Waals surface area (Å²) in [6.45, 7) is 11.5. The van der Waals surface area contributed by atoms with Crippen molar-refractivity contribution in [1.29, 1.82) is 0 Å². The number of esters is 1. The number of thiophene rings is 1. The van der Waals surface area contributed by atoms with Crippen molar-refractivity contribution in [3.63, 3.8) is 0 Å². The average molecular weight is 454 g/mol. The van der Waals surface area contributed by atoms with Gasteiger partial charge in [0.25, 0.3) is 0 Å². The largest absolute Gasteiger partial charge is 0.459 e. The number of morpholine rings is 1. The summed E-state index contributed by atoms with van der Waals surface area (Å²) < 4.78 is 11.1. The van der Waals surface area contributed by atoms with Crippen LogP contribution in [0.3, 0.4) is 0 Å². The number of ether oxygens (including phenoxy) is 2. The second kappa shape index (κ2) is 8.92. The molecule has 164 valence electrons. The molecule has 1 N–H and O–H groups in total. The predicted octanol–water partition coefficient (Wildman–Crippen LogP) is 2.30. The molecule has 8 nitrogen and oxygen atoms in total. The zero-order chi connectivity index (χ0) is 21.3. The monoisotopic (exact) mass is 453 g/mol. The van der Waals surface area contributed by atoms with Crippen LogP contribution in [0.2, 0.25) is 5.28 Å². The van der Waals surface area contributed by atoms with Crippen molar-refractivity contribution in [2.75, 3.05) is 50.8 Å². The fourth-order valence-corrected chi connectivity index (χ4v) is 5.03. The van der Waals surface area contributed by atoms with Crippen LogP contribution in [-0.4, -0.2) is 78.4 Å². The fourth-order valence-electron chi connectivity index (χ4n) is 3.76. The van der Waals surface area contributed by atoms with Gasteiger partial charge in [0.2, 0.25) is 5.28 Å². The van der Waals surface area contributed by atoms with Gasteiger partial charge in [-0.05, 0) is 38.4 Å². The lowest BCUT2D eigenvalue weighted by atomic mass is 10.1. The summed E-state index contributed by atoms with van der Waals surface area (Å²) in [6.07, 6.45) is 0. The average Bonchev–Trinajstić information content (AvgIpc) is 3.09. The molecule has 4 rings (SSSR count). The molecule has 0 bridgehead atoms. The van der Waals surface area contributed by atoms with Crippen LogP contribution in [0, 0.1) is 0 Å². The van der Waals surface area contributed by atoms with Gasteiger partial charge >= 0.3 is 5.97 Å². The van der Waals surface area contributed by atoms with Gasteiger partial charge in [-0.1, -0.05) is 0 Å². The van der Waals surface area contributed by atoms with Gasteiger partial charge in [-0.3, -0.25) is 9.69 Å². The number of nitrogens with one attached hydrogen (secondary N) is 1. The standard InChI is InChI=1S/C20H28ClN5O3S/c1-20(2,3)29-18(27)15-11-22-4-5-26(15)12-13-10-14-16(25-6-8-28-9-7-25)23-19(21)24-17(14)30-13/h10,15,22H,4-9,11-12H2,1-3H3. The lowest BCUT2D eigenvalue weighted by Gasteiger charge is -2.35. The van der Waals surface area contributed by atoms with E-state index in [1.807, 2.05) is 20.8 Å². The Labute approximate surface area is 185 Å². The van der Waals surface area contributed by atoms with Crippen LogP contribution in [0.25, 0.3) is 10.2 Å². The Balaban J connectivity index is 1.57. The third-order valence-electron chi connectivity index (χ3n) is 5.10. The SMILES string of the molecule is CC(C)(C)OC(=O)C1CNCCN1Cc1cc2c(N3CCOCC3)nc(Cl)nc2s1. The minimum Gasteiger partial charge on any atom is -0.459 e. The molecule has 1 unspecified atom stereocenters. The molecular weight excluding hydrogens is 426 g/mol. The summed E-state index contributed by atoms with van der Waals surface area (Å²) in [7, 11) is 0. The molecular formula is C20H28ClN5O3S. The molecule has 0 aromatic carbocycles. The molecule has 0 spiro atoms. The Morgan fingerprint density at radius 3 is 2.83 bits per heavy atom. The number of halogens is 1. The highest BCUT2D eigenvalue weighted by Gasteiger charge is 2.33. The van der Waals surface area contributed by atoms with E-state index in [-0.39, 0.29) is 17.3 Å². The van der Waals surface area contributed by atoms with Crippen LogP contribution in [0.15, 0.2) is 6.07 Å². The van der Waals surface area contributed by atoms with Gasteiger partial charge in [0, 0.05) is 44.1 Å². The van der Waals surface area contributed by atoms with Gasteiger partial charge < -0.3 is 19.7 Å². The molecule has 10 heteroatoms. The zero-order valence-corrected chi connectivity index (χ0v) is 19.2. The topological polar surface area (TPSA) is 79.8 Å². The van der Waals surface area contributed by atoms with Crippen LogP contribution in [0.5, 0.6) is 0 Å². The number of fused-ring (bicyclic) bond motifs is 1. The number of piperazine rings is 1. The number of nitrogens with zero attached hydrogens (tertiary/aromatic N) is 4. The van der Waals surface area contributed by atoms with E-state index in [9.17, 15) is 4.79 Å². The second-order valence-electron chi connectivity index (χ2n) is 8.57. The summed E-state index contributed by atoms with van der Waals surface area (Å²) in [4.78, 5) is 28.1. The van der Waals surface area contributed by atoms with Gasteiger partial charge in [0.05, 0.1) is 18.6 Å². The number of carbonyl (C=O) groups is 1. The maximum atomic E-state index is 12.7. The van der Waals surface area contributed by atoms with Crippen LogP contribution in [0.1, 0.15) is 25.6 Å². The molecule has 0 aliphatic carbocycles. The van der Waals surface area contributed by atoms with Crippen LogP contribution >= 0.6 is 22.9 Å². The van der Waals surface area contributed by atoms with E-state index in [2.05, 4.69) is 31.2 Å². The van der Waals surface area contributed by atoms with Crippen molar-refractivity contribution in [2.45, 2.75) is 39.0 Å². The summed E-state index contributed by atoms with van der Waals surface area (Å²) in [6, 6.07) is 1.83. The lowest BCUT2D eigenvalue weighted by Crippen LogP contribution is -2.55. The Bertz CT molecular complexity index is 910. The minimum atomic E-state index is -0.503. The third-order valence-corrected chi connectivity index (χ3v) is 6.28. The molecule has 4 heterocycles. The van der Waals surface area contributed by atoms with Crippen molar-refractivity contribution in [2.24, 2.45) is 0 Å². The van der Waals surface area contributed by atoms with Gasteiger partial charge in [-0.15, -0.1) is 11.3 Å². The molecule has 2 saturated heterocycles.